The van der Waals surface area contributed by atoms with Crippen molar-refractivity contribution in [2.75, 3.05) is 5.32 Å². The summed E-state index contributed by atoms with van der Waals surface area (Å²) in [7, 11) is 1.92. The van der Waals surface area contributed by atoms with E-state index in [2.05, 4.69) is 35.3 Å². The van der Waals surface area contributed by atoms with Gasteiger partial charge in [0.2, 0.25) is 0 Å². The molecule has 0 saturated carbocycles. The van der Waals surface area contributed by atoms with E-state index in [4.69, 9.17) is 0 Å². The van der Waals surface area contributed by atoms with Crippen LogP contribution in [0.2, 0.25) is 0 Å². The molecule has 0 radical (unpaired) electrons. The number of anilines is 1. The van der Waals surface area contributed by atoms with Crippen LogP contribution >= 0.6 is 0 Å². The van der Waals surface area contributed by atoms with Gasteiger partial charge >= 0.3 is 0 Å². The number of aryl methyl sites for hydroxylation is 1. The summed E-state index contributed by atoms with van der Waals surface area (Å²) in [4.78, 5) is 4.45. The molecule has 2 aromatic rings. The number of rotatable bonds is 5. The first-order valence-corrected chi connectivity index (χ1v) is 6.31. The fraction of sp³-hybridized carbons (Fsp3) is 0.429. The zero-order chi connectivity index (χ0) is 13.0. The fourth-order valence-electron chi connectivity index (χ4n) is 2.00. The van der Waals surface area contributed by atoms with Gasteiger partial charge in [0.05, 0.1) is 23.6 Å². The molecule has 0 aliphatic carbocycles. The Balaban J connectivity index is 2.15. The highest BCUT2D eigenvalue weighted by Gasteiger charge is 2.14. The second-order valence-electron chi connectivity index (χ2n) is 4.98. The number of hydrogen-bond donors (Lipinski definition) is 1. The van der Waals surface area contributed by atoms with Crippen LogP contribution in [-0.2, 0) is 7.05 Å². The van der Waals surface area contributed by atoms with E-state index in [1.54, 1.807) is 4.68 Å². The zero-order valence-corrected chi connectivity index (χ0v) is 11.2. The maximum absolute atomic E-state index is 4.45. The van der Waals surface area contributed by atoms with Gasteiger partial charge in [-0.05, 0) is 24.5 Å². The second kappa shape index (κ2) is 5.67. The number of nitrogens with zero attached hydrogens (tertiary/aromatic N) is 3. The van der Waals surface area contributed by atoms with Crippen LogP contribution in [0.4, 0.5) is 5.69 Å². The molecule has 4 heteroatoms. The van der Waals surface area contributed by atoms with E-state index in [0.29, 0.717) is 5.92 Å². The van der Waals surface area contributed by atoms with E-state index in [1.807, 2.05) is 37.8 Å². The van der Waals surface area contributed by atoms with Crippen molar-refractivity contribution in [1.29, 1.82) is 0 Å². The van der Waals surface area contributed by atoms with Gasteiger partial charge in [-0.3, -0.25) is 9.67 Å². The largest absolute Gasteiger partial charge is 0.374 e. The van der Waals surface area contributed by atoms with Crippen molar-refractivity contribution in [3.63, 3.8) is 0 Å². The quantitative estimate of drug-likeness (QED) is 0.879. The topological polar surface area (TPSA) is 42.7 Å². The van der Waals surface area contributed by atoms with Gasteiger partial charge in [-0.25, -0.2) is 0 Å². The van der Waals surface area contributed by atoms with Crippen LogP contribution in [0, 0.1) is 5.92 Å². The molecule has 4 nitrogen and oxygen atoms in total. The smallest absolute Gasteiger partial charge is 0.0731 e. The molecule has 0 spiro atoms. The lowest BCUT2D eigenvalue weighted by atomic mass is 10.0. The van der Waals surface area contributed by atoms with E-state index in [9.17, 15) is 0 Å². The molecule has 2 aromatic heterocycles. The summed E-state index contributed by atoms with van der Waals surface area (Å²) in [5.74, 6) is 0.612. The second-order valence-corrected chi connectivity index (χ2v) is 4.98. The van der Waals surface area contributed by atoms with E-state index in [-0.39, 0.29) is 6.04 Å². The minimum Gasteiger partial charge on any atom is -0.374 e. The SMILES string of the molecule is CC(C)C[C@H](Nc1cnn(C)c1)c1ccccn1. The Kier molecular flexibility index (Phi) is 3.97. The highest BCUT2D eigenvalue weighted by Crippen LogP contribution is 2.24. The Morgan fingerprint density at radius 3 is 2.72 bits per heavy atom. The molecule has 1 N–H and O–H groups in total. The Labute approximate surface area is 108 Å². The molecule has 0 aliphatic rings. The molecule has 1 atom stereocenters. The van der Waals surface area contributed by atoms with E-state index < -0.39 is 0 Å². The first-order valence-electron chi connectivity index (χ1n) is 6.31. The van der Waals surface area contributed by atoms with Crippen molar-refractivity contribution in [2.24, 2.45) is 13.0 Å². The molecule has 18 heavy (non-hydrogen) atoms. The average molecular weight is 244 g/mol. The van der Waals surface area contributed by atoms with Gasteiger partial charge in [0, 0.05) is 19.4 Å². The van der Waals surface area contributed by atoms with Crippen LogP contribution in [0.15, 0.2) is 36.8 Å². The van der Waals surface area contributed by atoms with Crippen molar-refractivity contribution in [3.8, 4) is 0 Å². The summed E-state index contributed by atoms with van der Waals surface area (Å²) in [6.45, 7) is 4.45. The molecule has 2 heterocycles. The van der Waals surface area contributed by atoms with Crippen LogP contribution in [0.3, 0.4) is 0 Å². The third kappa shape index (κ3) is 3.32. The summed E-state index contributed by atoms with van der Waals surface area (Å²) < 4.78 is 1.80. The molecule has 96 valence electrons. The van der Waals surface area contributed by atoms with Gasteiger partial charge < -0.3 is 5.32 Å². The average Bonchev–Trinajstić information content (AvgIpc) is 2.75. The molecule has 0 bridgehead atoms. The van der Waals surface area contributed by atoms with Crippen LogP contribution < -0.4 is 5.32 Å². The molecular formula is C14H20N4. The van der Waals surface area contributed by atoms with Crippen molar-refractivity contribution in [2.45, 2.75) is 26.3 Å². The Hall–Kier alpha value is -1.84. The molecule has 2 rings (SSSR count). The lowest BCUT2D eigenvalue weighted by Gasteiger charge is -2.20. The first-order chi connectivity index (χ1) is 8.65. The predicted octanol–water partition coefficient (Wildman–Crippen LogP) is 3.01. The molecule has 0 saturated heterocycles. The van der Waals surface area contributed by atoms with Crippen molar-refractivity contribution < 1.29 is 0 Å². The van der Waals surface area contributed by atoms with Gasteiger partial charge in [0.15, 0.2) is 0 Å². The predicted molar refractivity (Wildman–Crippen MR) is 73.3 cm³/mol. The third-order valence-corrected chi connectivity index (χ3v) is 2.80. The van der Waals surface area contributed by atoms with E-state index >= 15 is 0 Å². The molecule has 0 aliphatic heterocycles. The monoisotopic (exact) mass is 244 g/mol. The van der Waals surface area contributed by atoms with Crippen molar-refractivity contribution in [1.82, 2.24) is 14.8 Å². The molecule has 0 unspecified atom stereocenters. The Morgan fingerprint density at radius 2 is 2.17 bits per heavy atom. The van der Waals surface area contributed by atoms with Crippen LogP contribution in [0.5, 0.6) is 0 Å². The highest BCUT2D eigenvalue weighted by atomic mass is 15.3. The molecule has 0 amide bonds. The third-order valence-electron chi connectivity index (χ3n) is 2.80. The number of aromatic nitrogens is 3. The number of nitrogens with one attached hydrogen (secondary N) is 1. The van der Waals surface area contributed by atoms with Crippen LogP contribution in [0.25, 0.3) is 0 Å². The van der Waals surface area contributed by atoms with Gasteiger partial charge in [-0.15, -0.1) is 0 Å². The van der Waals surface area contributed by atoms with Crippen LogP contribution in [-0.4, -0.2) is 14.8 Å². The van der Waals surface area contributed by atoms with Crippen molar-refractivity contribution in [3.05, 3.63) is 42.5 Å². The molecule has 0 fully saturated rings. The van der Waals surface area contributed by atoms with Gasteiger partial charge in [-0.2, -0.15) is 5.10 Å². The number of hydrogen-bond acceptors (Lipinski definition) is 3. The lowest BCUT2D eigenvalue weighted by Crippen LogP contribution is -2.14. The maximum atomic E-state index is 4.45. The minimum atomic E-state index is 0.232. The Morgan fingerprint density at radius 1 is 1.33 bits per heavy atom. The molecular weight excluding hydrogens is 224 g/mol. The summed E-state index contributed by atoms with van der Waals surface area (Å²) in [6, 6.07) is 6.27. The maximum Gasteiger partial charge on any atom is 0.0731 e. The lowest BCUT2D eigenvalue weighted by molar-refractivity contribution is 0.524. The zero-order valence-electron chi connectivity index (χ0n) is 11.2. The fourth-order valence-corrected chi connectivity index (χ4v) is 2.00. The summed E-state index contributed by atoms with van der Waals surface area (Å²) in [5.41, 5.74) is 2.11. The van der Waals surface area contributed by atoms with E-state index in [0.717, 1.165) is 17.8 Å². The van der Waals surface area contributed by atoms with Crippen LogP contribution in [0.1, 0.15) is 32.0 Å². The van der Waals surface area contributed by atoms with Crippen molar-refractivity contribution >= 4 is 5.69 Å². The normalized spacial score (nSPS) is 12.7. The van der Waals surface area contributed by atoms with Gasteiger partial charge in [0.25, 0.3) is 0 Å². The van der Waals surface area contributed by atoms with Gasteiger partial charge in [0.1, 0.15) is 0 Å². The minimum absolute atomic E-state index is 0.232. The summed E-state index contributed by atoms with van der Waals surface area (Å²) >= 11 is 0. The summed E-state index contributed by atoms with van der Waals surface area (Å²) in [5, 5.41) is 7.68. The number of pyridine rings is 1. The van der Waals surface area contributed by atoms with Gasteiger partial charge in [-0.1, -0.05) is 19.9 Å². The van der Waals surface area contributed by atoms with E-state index in [1.165, 1.54) is 0 Å². The summed E-state index contributed by atoms with van der Waals surface area (Å²) in [6.07, 6.45) is 6.71. The first kappa shape index (κ1) is 12.6. The highest BCUT2D eigenvalue weighted by molar-refractivity contribution is 5.40. The standard InChI is InChI=1S/C14H20N4/c1-11(2)8-14(13-6-4-5-7-15-13)17-12-9-16-18(3)10-12/h4-7,9-11,14,17H,8H2,1-3H3/t14-/m0/s1. The molecule has 0 aromatic carbocycles. The Bertz CT molecular complexity index is 476.